The van der Waals surface area contributed by atoms with Crippen molar-refractivity contribution in [2.75, 3.05) is 5.75 Å². The Kier molecular flexibility index (Phi) is 6.54. The zero-order valence-corrected chi connectivity index (χ0v) is 18.4. The normalized spacial score (nSPS) is 12.5. The Hall–Kier alpha value is -2.35. The molecule has 1 heterocycles. The highest BCUT2D eigenvalue weighted by Gasteiger charge is 2.26. The van der Waals surface area contributed by atoms with Crippen molar-refractivity contribution in [3.63, 3.8) is 0 Å². The average molecular weight is 405 g/mol. The lowest BCUT2D eigenvalue weighted by Gasteiger charge is -2.27. The van der Waals surface area contributed by atoms with E-state index in [4.69, 9.17) is 0 Å². The zero-order chi connectivity index (χ0) is 21.1. The molecule has 0 radical (unpaired) electrons. The van der Waals surface area contributed by atoms with E-state index in [1.807, 2.05) is 19.2 Å². The number of carbonyl (C=O) groups is 1. The minimum Gasteiger partial charge on any atom is -0.507 e. The molecule has 0 aliphatic heterocycles. The van der Waals surface area contributed by atoms with Crippen molar-refractivity contribution in [1.82, 2.24) is 15.6 Å². The van der Waals surface area contributed by atoms with Crippen molar-refractivity contribution in [3.05, 3.63) is 35.2 Å². The molecule has 0 saturated carbocycles. The van der Waals surface area contributed by atoms with Crippen molar-refractivity contribution in [3.8, 4) is 5.75 Å². The summed E-state index contributed by atoms with van der Waals surface area (Å²) >= 11 is 1.35. The van der Waals surface area contributed by atoms with Crippen LogP contribution < -0.4 is 9.99 Å². The lowest BCUT2D eigenvalue weighted by Crippen LogP contribution is -2.28. The first-order valence-corrected chi connectivity index (χ1v) is 10.1. The fourth-order valence-electron chi connectivity index (χ4n) is 2.66. The number of hydrogen-bond acceptors (Lipinski definition) is 5. The van der Waals surface area contributed by atoms with Gasteiger partial charge < -0.3 is 5.11 Å². The van der Waals surface area contributed by atoms with Gasteiger partial charge in [-0.25, -0.2) is 9.99 Å². The number of thioether (sulfide) groups is 1. The molecule has 2 aromatic rings. The number of H-pyrrole nitrogens is 1. The molecule has 0 aliphatic rings. The van der Waals surface area contributed by atoms with Gasteiger partial charge in [0.1, 0.15) is 5.75 Å². The summed E-state index contributed by atoms with van der Waals surface area (Å²) in [7, 11) is 1.85. The molecule has 1 aromatic heterocycles. The second kappa shape index (κ2) is 8.34. The number of aromatic nitrogens is 3. The number of amides is 1. The minimum atomic E-state index is -0.215. The number of hydrazone groups is 1. The molecule has 1 amide bonds. The summed E-state index contributed by atoms with van der Waals surface area (Å²) in [5.41, 5.74) is 4.66. The number of carbonyl (C=O) groups excluding carboxylic acids is 1. The van der Waals surface area contributed by atoms with Gasteiger partial charge >= 0.3 is 0 Å². The van der Waals surface area contributed by atoms with Gasteiger partial charge in [0.15, 0.2) is 0 Å². The van der Waals surface area contributed by atoms with E-state index in [0.717, 1.165) is 21.8 Å². The van der Waals surface area contributed by atoms with Crippen LogP contribution in [0.1, 0.15) is 58.2 Å². The van der Waals surface area contributed by atoms with Gasteiger partial charge in [0.05, 0.1) is 19.0 Å². The largest absolute Gasteiger partial charge is 0.507 e. The first kappa shape index (κ1) is 21.9. The fourth-order valence-corrected chi connectivity index (χ4v) is 3.36. The maximum atomic E-state index is 12.0. The van der Waals surface area contributed by atoms with Crippen molar-refractivity contribution >= 4 is 23.9 Å². The second-order valence-electron chi connectivity index (χ2n) is 8.82. The van der Waals surface area contributed by atoms with E-state index < -0.39 is 0 Å². The first-order chi connectivity index (χ1) is 12.9. The van der Waals surface area contributed by atoms with Crippen molar-refractivity contribution in [2.24, 2.45) is 12.1 Å². The number of nitrogens with one attached hydrogen (secondary N) is 2. The van der Waals surface area contributed by atoms with Gasteiger partial charge in [-0.15, -0.1) is 5.10 Å². The molecule has 2 rings (SSSR count). The standard InChI is InChI=1S/C20H29N5O2S/c1-19(2,3)14-8-13(9-15(17(14)27)20(4,5)6)10-21-23-16(26)11-28-18-24-22-12-25(18)7/h8-10,12H,11H2,1-7H3,(H2,21,23,26,27)/p+1. The van der Waals surface area contributed by atoms with Gasteiger partial charge in [0.25, 0.3) is 17.4 Å². The van der Waals surface area contributed by atoms with Crippen LogP contribution in [-0.4, -0.2) is 33.2 Å². The maximum Gasteiger partial charge on any atom is 0.293 e. The molecule has 0 saturated heterocycles. The highest BCUT2D eigenvalue weighted by molar-refractivity contribution is 7.99. The molecule has 0 spiro atoms. The van der Waals surface area contributed by atoms with Crippen LogP contribution in [0.5, 0.6) is 5.75 Å². The van der Waals surface area contributed by atoms with E-state index in [-0.39, 0.29) is 22.5 Å². The molecule has 0 unspecified atom stereocenters. The molecule has 8 heteroatoms. The van der Waals surface area contributed by atoms with Crippen LogP contribution >= 0.6 is 11.8 Å². The third kappa shape index (κ3) is 5.58. The number of aromatic amines is 1. The van der Waals surface area contributed by atoms with Gasteiger partial charge in [0.2, 0.25) is 0 Å². The summed E-state index contributed by atoms with van der Waals surface area (Å²) < 4.78 is 1.81. The van der Waals surface area contributed by atoms with Crippen LogP contribution in [-0.2, 0) is 22.7 Å². The van der Waals surface area contributed by atoms with Crippen molar-refractivity contribution in [2.45, 2.75) is 57.5 Å². The van der Waals surface area contributed by atoms with Crippen LogP contribution in [0, 0.1) is 0 Å². The van der Waals surface area contributed by atoms with Crippen LogP contribution in [0.2, 0.25) is 0 Å². The smallest absolute Gasteiger partial charge is 0.293 e. The number of rotatable bonds is 5. The molecule has 28 heavy (non-hydrogen) atoms. The predicted octanol–water partition coefficient (Wildman–Crippen LogP) is 2.78. The number of phenols is 1. The zero-order valence-electron chi connectivity index (χ0n) is 17.6. The van der Waals surface area contributed by atoms with Crippen molar-refractivity contribution < 1.29 is 14.5 Å². The minimum absolute atomic E-state index is 0.207. The number of hydrogen-bond donors (Lipinski definition) is 3. The molecule has 0 bridgehead atoms. The Morgan fingerprint density at radius 2 is 1.82 bits per heavy atom. The third-order valence-corrected chi connectivity index (χ3v) is 5.26. The summed E-state index contributed by atoms with van der Waals surface area (Å²) in [4.78, 5) is 12.0. The monoisotopic (exact) mass is 404 g/mol. The van der Waals surface area contributed by atoms with Crippen LogP contribution in [0.4, 0.5) is 0 Å². The average Bonchev–Trinajstić information content (AvgIpc) is 2.97. The van der Waals surface area contributed by atoms with Crippen molar-refractivity contribution in [1.29, 1.82) is 0 Å². The number of benzene rings is 1. The number of nitrogens with zero attached hydrogens (tertiary/aromatic N) is 3. The molecular formula is C20H30N5O2S+. The Morgan fingerprint density at radius 1 is 1.25 bits per heavy atom. The first-order valence-electron chi connectivity index (χ1n) is 9.11. The SMILES string of the molecule is C[n+]1cn[nH]c1SCC(=O)N/N=C/c1cc(C(C)(C)C)c(O)c(C(C)(C)C)c1. The molecule has 0 atom stereocenters. The van der Waals surface area contributed by atoms with Gasteiger partial charge in [0, 0.05) is 16.2 Å². The topological polar surface area (TPSA) is 94.3 Å². The Bertz CT molecular complexity index is 840. The molecule has 0 fully saturated rings. The fraction of sp³-hybridized carbons (Fsp3) is 0.500. The van der Waals surface area contributed by atoms with E-state index in [9.17, 15) is 9.90 Å². The lowest BCUT2D eigenvalue weighted by molar-refractivity contribution is -0.709. The van der Waals surface area contributed by atoms with Crippen LogP contribution in [0.3, 0.4) is 0 Å². The Balaban J connectivity index is 2.14. The summed E-state index contributed by atoms with van der Waals surface area (Å²) in [6, 6.07) is 3.83. The van der Waals surface area contributed by atoms with E-state index in [2.05, 4.69) is 62.3 Å². The van der Waals surface area contributed by atoms with Gasteiger partial charge in [-0.3, -0.25) is 4.79 Å². The van der Waals surface area contributed by atoms with Gasteiger partial charge in [-0.2, -0.15) is 5.10 Å². The maximum absolute atomic E-state index is 12.0. The molecule has 152 valence electrons. The molecule has 3 N–H and O–H groups in total. The van der Waals surface area contributed by atoms with Gasteiger partial charge in [-0.1, -0.05) is 41.5 Å². The lowest BCUT2D eigenvalue weighted by atomic mass is 9.78. The quantitative estimate of drug-likeness (QED) is 0.309. The Labute approximate surface area is 170 Å². The summed E-state index contributed by atoms with van der Waals surface area (Å²) in [6.07, 6.45) is 3.26. The molecule has 7 nitrogen and oxygen atoms in total. The second-order valence-corrected chi connectivity index (χ2v) is 9.78. The molecule has 0 aliphatic carbocycles. The number of aryl methyl sites for hydroxylation is 1. The summed E-state index contributed by atoms with van der Waals surface area (Å²) in [6.45, 7) is 12.4. The van der Waals surface area contributed by atoms with E-state index >= 15 is 0 Å². The highest BCUT2D eigenvalue weighted by Crippen LogP contribution is 2.39. The predicted molar refractivity (Wildman–Crippen MR) is 112 cm³/mol. The number of aromatic hydroxyl groups is 1. The van der Waals surface area contributed by atoms with E-state index in [0.29, 0.717) is 5.75 Å². The Morgan fingerprint density at radius 3 is 2.29 bits per heavy atom. The van der Waals surface area contributed by atoms with Crippen LogP contribution in [0.15, 0.2) is 28.7 Å². The summed E-state index contributed by atoms with van der Waals surface area (Å²) in [5, 5.41) is 22.4. The van der Waals surface area contributed by atoms with E-state index in [1.165, 1.54) is 11.8 Å². The summed E-state index contributed by atoms with van der Waals surface area (Å²) in [5.74, 6) is 0.343. The third-order valence-electron chi connectivity index (χ3n) is 4.20. The molecular weight excluding hydrogens is 374 g/mol. The van der Waals surface area contributed by atoms with E-state index in [1.54, 1.807) is 17.1 Å². The van der Waals surface area contributed by atoms with Crippen LogP contribution in [0.25, 0.3) is 0 Å². The highest BCUT2D eigenvalue weighted by atomic mass is 32.2. The van der Waals surface area contributed by atoms with Gasteiger partial charge in [-0.05, 0) is 40.3 Å². The molecule has 1 aromatic carbocycles. The number of phenolic OH excluding ortho intramolecular Hbond substituents is 1.